The second kappa shape index (κ2) is 7.26. The molecule has 0 aromatic carbocycles. The molecule has 1 atom stereocenters. The van der Waals surface area contributed by atoms with Gasteiger partial charge in [-0.1, -0.05) is 6.58 Å². The number of amides is 1. The van der Waals surface area contributed by atoms with Gasteiger partial charge in [-0.05, 0) is 24.6 Å². The van der Waals surface area contributed by atoms with Gasteiger partial charge in [0.2, 0.25) is 5.91 Å². The van der Waals surface area contributed by atoms with Crippen LogP contribution in [0.1, 0.15) is 18.4 Å². The molecule has 0 aliphatic heterocycles. The van der Waals surface area contributed by atoms with Gasteiger partial charge in [0, 0.05) is 18.0 Å². The van der Waals surface area contributed by atoms with Gasteiger partial charge in [0.1, 0.15) is 0 Å². The molecule has 1 unspecified atom stereocenters. The van der Waals surface area contributed by atoms with E-state index in [-0.39, 0.29) is 11.9 Å². The van der Waals surface area contributed by atoms with Crippen molar-refractivity contribution < 1.29 is 14.3 Å². The fourth-order valence-corrected chi connectivity index (χ4v) is 1.87. The SMILES string of the molecule is C=CC(=O)Nc1cnc(-c2cncc(C(C)C(=O)OC)c2)cn1. The molecular formula is C16H16N4O3. The molecule has 2 rings (SSSR count). The number of hydrogen-bond acceptors (Lipinski definition) is 6. The quantitative estimate of drug-likeness (QED) is 0.670. The van der Waals surface area contributed by atoms with E-state index in [4.69, 9.17) is 4.74 Å². The Morgan fingerprint density at radius 3 is 2.65 bits per heavy atom. The molecular weight excluding hydrogens is 296 g/mol. The molecule has 7 heteroatoms. The monoisotopic (exact) mass is 312 g/mol. The zero-order chi connectivity index (χ0) is 16.8. The Balaban J connectivity index is 2.23. The molecule has 0 spiro atoms. The summed E-state index contributed by atoms with van der Waals surface area (Å²) in [6, 6.07) is 1.81. The van der Waals surface area contributed by atoms with E-state index in [1.54, 1.807) is 25.4 Å². The van der Waals surface area contributed by atoms with Crippen LogP contribution >= 0.6 is 0 Å². The van der Waals surface area contributed by atoms with Gasteiger partial charge in [-0.15, -0.1) is 0 Å². The Kier molecular flexibility index (Phi) is 5.14. The van der Waals surface area contributed by atoms with Crippen molar-refractivity contribution in [3.8, 4) is 11.3 Å². The van der Waals surface area contributed by atoms with Crippen molar-refractivity contribution in [1.82, 2.24) is 15.0 Å². The van der Waals surface area contributed by atoms with E-state index >= 15 is 0 Å². The Hall–Kier alpha value is -3.09. The first kappa shape index (κ1) is 16.3. The molecule has 0 fully saturated rings. The van der Waals surface area contributed by atoms with Crippen molar-refractivity contribution in [1.29, 1.82) is 0 Å². The second-order valence-corrected chi connectivity index (χ2v) is 4.73. The molecule has 1 amide bonds. The largest absolute Gasteiger partial charge is 0.469 e. The second-order valence-electron chi connectivity index (χ2n) is 4.73. The number of pyridine rings is 1. The van der Waals surface area contributed by atoms with Gasteiger partial charge < -0.3 is 10.1 Å². The summed E-state index contributed by atoms with van der Waals surface area (Å²) in [5.74, 6) is -0.794. The summed E-state index contributed by atoms with van der Waals surface area (Å²) >= 11 is 0. The zero-order valence-electron chi connectivity index (χ0n) is 12.8. The highest BCUT2D eigenvalue weighted by Gasteiger charge is 2.16. The Bertz CT molecular complexity index is 728. The Morgan fingerprint density at radius 1 is 1.26 bits per heavy atom. The Labute approximate surface area is 133 Å². The zero-order valence-corrected chi connectivity index (χ0v) is 12.8. The molecule has 0 bridgehead atoms. The standard InChI is InChI=1S/C16H16N4O3/c1-4-15(21)20-14-9-18-13(8-19-14)12-5-11(6-17-7-12)10(2)16(22)23-3/h4-10H,1H2,2-3H3,(H,19,20,21). The number of nitrogens with one attached hydrogen (secondary N) is 1. The van der Waals surface area contributed by atoms with E-state index in [0.717, 1.165) is 11.6 Å². The lowest BCUT2D eigenvalue weighted by Gasteiger charge is -2.10. The predicted octanol–water partition coefficient (Wildman–Crippen LogP) is 1.94. The summed E-state index contributed by atoms with van der Waals surface area (Å²) in [4.78, 5) is 35.3. The minimum atomic E-state index is -0.424. The van der Waals surface area contributed by atoms with Gasteiger partial charge in [-0.2, -0.15) is 0 Å². The molecule has 2 aromatic heterocycles. The summed E-state index contributed by atoms with van der Waals surface area (Å²) in [5.41, 5.74) is 2.01. The smallest absolute Gasteiger partial charge is 0.312 e. The Morgan fingerprint density at radius 2 is 2.04 bits per heavy atom. The molecule has 0 aliphatic carbocycles. The van der Waals surface area contributed by atoms with Crippen molar-refractivity contribution in [2.75, 3.05) is 12.4 Å². The maximum Gasteiger partial charge on any atom is 0.312 e. The molecule has 118 valence electrons. The topological polar surface area (TPSA) is 94.1 Å². The number of hydrogen-bond donors (Lipinski definition) is 1. The molecule has 7 nitrogen and oxygen atoms in total. The first-order valence-corrected chi connectivity index (χ1v) is 6.83. The summed E-state index contributed by atoms with van der Waals surface area (Å²) in [5, 5.41) is 2.51. The number of carbonyl (C=O) groups excluding carboxylic acids is 2. The molecule has 23 heavy (non-hydrogen) atoms. The number of rotatable bonds is 5. The minimum Gasteiger partial charge on any atom is -0.469 e. The van der Waals surface area contributed by atoms with Crippen molar-refractivity contribution >= 4 is 17.7 Å². The van der Waals surface area contributed by atoms with Gasteiger partial charge >= 0.3 is 5.97 Å². The average Bonchev–Trinajstić information content (AvgIpc) is 2.61. The highest BCUT2D eigenvalue weighted by Crippen LogP contribution is 2.22. The van der Waals surface area contributed by atoms with Crippen LogP contribution in [0.15, 0.2) is 43.5 Å². The van der Waals surface area contributed by atoms with Gasteiger partial charge in [0.15, 0.2) is 5.82 Å². The molecule has 0 saturated carbocycles. The minimum absolute atomic E-state index is 0.325. The molecule has 1 N–H and O–H groups in total. The summed E-state index contributed by atoms with van der Waals surface area (Å²) in [7, 11) is 1.35. The van der Waals surface area contributed by atoms with Crippen LogP contribution in [0.3, 0.4) is 0 Å². The van der Waals surface area contributed by atoms with E-state index in [2.05, 4.69) is 26.8 Å². The van der Waals surface area contributed by atoms with Crippen LogP contribution in [0, 0.1) is 0 Å². The first-order valence-electron chi connectivity index (χ1n) is 6.83. The van der Waals surface area contributed by atoms with Crippen molar-refractivity contribution in [2.45, 2.75) is 12.8 Å². The third-order valence-corrected chi connectivity index (χ3v) is 3.20. The van der Waals surface area contributed by atoms with Crippen molar-refractivity contribution in [3.05, 3.63) is 49.1 Å². The van der Waals surface area contributed by atoms with Gasteiger partial charge in [0.05, 0.1) is 31.1 Å². The summed E-state index contributed by atoms with van der Waals surface area (Å²) < 4.78 is 4.73. The third kappa shape index (κ3) is 3.97. The molecule has 0 saturated heterocycles. The number of ether oxygens (including phenoxy) is 1. The predicted molar refractivity (Wildman–Crippen MR) is 84.5 cm³/mol. The lowest BCUT2D eigenvalue weighted by molar-refractivity contribution is -0.142. The fraction of sp³-hybridized carbons (Fsp3) is 0.188. The molecule has 2 heterocycles. The normalized spacial score (nSPS) is 11.4. The van der Waals surface area contributed by atoms with Gasteiger partial charge in [-0.25, -0.2) is 4.98 Å². The maximum atomic E-state index is 11.6. The average molecular weight is 312 g/mol. The van der Waals surface area contributed by atoms with E-state index in [0.29, 0.717) is 17.1 Å². The maximum absolute atomic E-state index is 11.6. The number of nitrogens with zero attached hydrogens (tertiary/aromatic N) is 3. The lowest BCUT2D eigenvalue weighted by Crippen LogP contribution is -2.11. The van der Waals surface area contributed by atoms with Crippen LogP contribution < -0.4 is 5.32 Å². The number of anilines is 1. The highest BCUT2D eigenvalue weighted by atomic mass is 16.5. The van der Waals surface area contributed by atoms with Crippen LogP contribution in [0.5, 0.6) is 0 Å². The van der Waals surface area contributed by atoms with Gasteiger partial charge in [0.25, 0.3) is 0 Å². The first-order chi connectivity index (χ1) is 11.0. The third-order valence-electron chi connectivity index (χ3n) is 3.20. The van der Waals surface area contributed by atoms with E-state index in [9.17, 15) is 9.59 Å². The number of esters is 1. The van der Waals surface area contributed by atoms with Crippen molar-refractivity contribution in [3.63, 3.8) is 0 Å². The fourth-order valence-electron chi connectivity index (χ4n) is 1.87. The summed E-state index contributed by atoms with van der Waals surface area (Å²) in [6.07, 6.45) is 7.34. The number of aromatic nitrogens is 3. The van der Waals surface area contributed by atoms with Crippen LogP contribution in [0.2, 0.25) is 0 Å². The van der Waals surface area contributed by atoms with Crippen LogP contribution in [0.4, 0.5) is 5.82 Å². The van der Waals surface area contributed by atoms with Crippen LogP contribution in [-0.4, -0.2) is 33.9 Å². The van der Waals surface area contributed by atoms with Gasteiger partial charge in [-0.3, -0.25) is 19.6 Å². The van der Waals surface area contributed by atoms with E-state index in [1.807, 2.05) is 0 Å². The number of methoxy groups -OCH3 is 1. The highest BCUT2D eigenvalue weighted by molar-refractivity contribution is 5.98. The molecule has 0 radical (unpaired) electrons. The van der Waals surface area contributed by atoms with Crippen molar-refractivity contribution in [2.24, 2.45) is 0 Å². The molecule has 0 aliphatic rings. The lowest BCUT2D eigenvalue weighted by atomic mass is 10.0. The summed E-state index contributed by atoms with van der Waals surface area (Å²) in [6.45, 7) is 5.11. The number of carbonyl (C=O) groups is 2. The molecule has 2 aromatic rings. The van der Waals surface area contributed by atoms with E-state index < -0.39 is 5.92 Å². The van der Waals surface area contributed by atoms with Crippen LogP contribution in [-0.2, 0) is 14.3 Å². The van der Waals surface area contributed by atoms with Crippen LogP contribution in [0.25, 0.3) is 11.3 Å². The van der Waals surface area contributed by atoms with E-state index in [1.165, 1.54) is 19.5 Å².